The van der Waals surface area contributed by atoms with E-state index in [0.717, 1.165) is 34.3 Å². The summed E-state index contributed by atoms with van der Waals surface area (Å²) < 4.78 is 8.08. The number of thioether (sulfide) groups is 1. The van der Waals surface area contributed by atoms with Crippen molar-refractivity contribution in [3.63, 3.8) is 0 Å². The first-order chi connectivity index (χ1) is 13.9. The molecule has 29 heavy (non-hydrogen) atoms. The number of hydrogen-bond acceptors (Lipinski definition) is 5. The molecule has 0 aliphatic carbocycles. The van der Waals surface area contributed by atoms with Gasteiger partial charge in [-0.25, -0.2) is 0 Å². The Morgan fingerprint density at radius 1 is 1.10 bits per heavy atom. The molecule has 0 saturated carbocycles. The normalized spacial score (nSPS) is 22.6. The molecule has 3 aromatic rings. The summed E-state index contributed by atoms with van der Waals surface area (Å²) in [5, 5.41) is 13.9. The second-order valence-corrected chi connectivity index (χ2v) is 10.1. The van der Waals surface area contributed by atoms with Crippen LogP contribution in [0, 0.1) is 5.92 Å². The average molecular weight is 429 g/mol. The van der Waals surface area contributed by atoms with Gasteiger partial charge in [-0.15, -0.1) is 5.10 Å². The summed E-state index contributed by atoms with van der Waals surface area (Å²) in [6.45, 7) is 6.65. The van der Waals surface area contributed by atoms with Crippen molar-refractivity contribution in [1.29, 1.82) is 0 Å². The molecule has 0 spiro atoms. The lowest BCUT2D eigenvalue weighted by atomic mass is 9.80. The lowest BCUT2D eigenvalue weighted by Crippen LogP contribution is -2.39. The van der Waals surface area contributed by atoms with Gasteiger partial charge in [0.25, 0.3) is 0 Å². The van der Waals surface area contributed by atoms with Crippen LogP contribution < -0.4 is 0 Å². The molecule has 5 nitrogen and oxygen atoms in total. The molecule has 1 fully saturated rings. The van der Waals surface area contributed by atoms with Gasteiger partial charge in [0.1, 0.15) is 0 Å². The van der Waals surface area contributed by atoms with Gasteiger partial charge in [-0.2, -0.15) is 4.68 Å². The van der Waals surface area contributed by atoms with E-state index < -0.39 is 0 Å². The highest BCUT2D eigenvalue weighted by atomic mass is 35.5. The van der Waals surface area contributed by atoms with Crippen LogP contribution in [0.2, 0.25) is 5.02 Å². The van der Waals surface area contributed by atoms with Gasteiger partial charge in [0.05, 0.1) is 17.9 Å². The largest absolute Gasteiger partial charge is 0.370 e. The van der Waals surface area contributed by atoms with Crippen LogP contribution in [0.5, 0.6) is 0 Å². The highest BCUT2D eigenvalue weighted by Gasteiger charge is 2.42. The van der Waals surface area contributed by atoms with Crippen molar-refractivity contribution in [1.82, 2.24) is 20.2 Å². The maximum absolute atomic E-state index is 6.43. The molecule has 1 aliphatic rings. The van der Waals surface area contributed by atoms with Crippen molar-refractivity contribution in [2.75, 3.05) is 0 Å². The summed E-state index contributed by atoms with van der Waals surface area (Å²) in [6, 6.07) is 18.0. The predicted octanol–water partition coefficient (Wildman–Crippen LogP) is 5.74. The molecule has 1 unspecified atom stereocenters. The molecule has 2 aromatic carbocycles. The van der Waals surface area contributed by atoms with Gasteiger partial charge in [0.2, 0.25) is 5.16 Å². The van der Waals surface area contributed by atoms with Crippen molar-refractivity contribution < 1.29 is 4.74 Å². The van der Waals surface area contributed by atoms with E-state index in [9.17, 15) is 0 Å². The van der Waals surface area contributed by atoms with Crippen molar-refractivity contribution in [2.24, 2.45) is 5.92 Å². The predicted molar refractivity (Wildman–Crippen MR) is 117 cm³/mol. The fraction of sp³-hybridized carbons (Fsp3) is 0.409. The topological polar surface area (TPSA) is 52.8 Å². The molecule has 0 N–H and O–H groups in total. The maximum atomic E-state index is 6.43. The van der Waals surface area contributed by atoms with Gasteiger partial charge in [-0.3, -0.25) is 0 Å². The number of nitrogens with zero attached hydrogens (tertiary/aromatic N) is 4. The fourth-order valence-electron chi connectivity index (χ4n) is 3.97. The van der Waals surface area contributed by atoms with E-state index in [1.165, 1.54) is 0 Å². The fourth-order valence-corrected chi connectivity index (χ4v) is 5.34. The van der Waals surface area contributed by atoms with E-state index in [4.69, 9.17) is 16.3 Å². The van der Waals surface area contributed by atoms with E-state index in [1.807, 2.05) is 48.5 Å². The smallest absolute Gasteiger partial charge is 0.214 e. The first-order valence-electron chi connectivity index (χ1n) is 9.88. The van der Waals surface area contributed by atoms with Crippen LogP contribution in [0.1, 0.15) is 45.3 Å². The highest BCUT2D eigenvalue weighted by molar-refractivity contribution is 8.00. The van der Waals surface area contributed by atoms with Crippen molar-refractivity contribution in [2.45, 2.75) is 55.7 Å². The van der Waals surface area contributed by atoms with Gasteiger partial charge >= 0.3 is 0 Å². The van der Waals surface area contributed by atoms with Crippen LogP contribution in [0.15, 0.2) is 59.8 Å². The van der Waals surface area contributed by atoms with Crippen LogP contribution in [0.4, 0.5) is 0 Å². The number of tetrazole rings is 1. The Hall–Kier alpha value is -1.89. The number of rotatable bonds is 5. The Bertz CT molecular complexity index is 962. The molecule has 1 aliphatic heterocycles. The van der Waals surface area contributed by atoms with Crippen LogP contribution >= 0.6 is 23.4 Å². The van der Waals surface area contributed by atoms with Crippen molar-refractivity contribution in [3.05, 3.63) is 65.2 Å². The average Bonchev–Trinajstić information content (AvgIpc) is 3.16. The van der Waals surface area contributed by atoms with E-state index in [-0.39, 0.29) is 17.0 Å². The third kappa shape index (κ3) is 4.49. The third-order valence-electron chi connectivity index (χ3n) is 5.49. The zero-order valence-corrected chi connectivity index (χ0v) is 18.4. The Balaban J connectivity index is 1.63. The SMILES string of the molecule is C[C@@H]1CC[C@@H](C(C)(C)Sc2nnnn2-c2ccccc2)C(c2cccc(Cl)c2)O1. The van der Waals surface area contributed by atoms with Gasteiger partial charge in [-0.1, -0.05) is 53.7 Å². The summed E-state index contributed by atoms with van der Waals surface area (Å²) in [5.74, 6) is 0.295. The summed E-state index contributed by atoms with van der Waals surface area (Å²) >= 11 is 7.97. The maximum Gasteiger partial charge on any atom is 0.214 e. The van der Waals surface area contributed by atoms with Gasteiger partial charge in [0, 0.05) is 15.7 Å². The molecule has 0 amide bonds. The van der Waals surface area contributed by atoms with Gasteiger partial charge < -0.3 is 4.74 Å². The zero-order valence-electron chi connectivity index (χ0n) is 16.8. The number of benzene rings is 2. The molecule has 7 heteroatoms. The first kappa shape index (κ1) is 20.4. The zero-order chi connectivity index (χ0) is 20.4. The van der Waals surface area contributed by atoms with E-state index in [2.05, 4.69) is 42.4 Å². The second-order valence-electron chi connectivity index (χ2n) is 8.02. The van der Waals surface area contributed by atoms with Crippen LogP contribution in [-0.4, -0.2) is 31.1 Å². The number of hydrogen-bond donors (Lipinski definition) is 0. The Labute approximate surface area is 180 Å². The summed E-state index contributed by atoms with van der Waals surface area (Å²) in [7, 11) is 0. The molecule has 1 aromatic heterocycles. The third-order valence-corrected chi connectivity index (χ3v) is 7.00. The van der Waals surface area contributed by atoms with E-state index in [0.29, 0.717) is 5.92 Å². The second kappa shape index (κ2) is 8.46. The molecule has 4 rings (SSSR count). The van der Waals surface area contributed by atoms with Crippen LogP contribution in [-0.2, 0) is 4.74 Å². The molecule has 2 heterocycles. The minimum atomic E-state index is -0.144. The molecular weight excluding hydrogens is 404 g/mol. The summed E-state index contributed by atoms with van der Waals surface area (Å²) in [6.07, 6.45) is 2.33. The van der Waals surface area contributed by atoms with E-state index >= 15 is 0 Å². The number of aromatic nitrogens is 4. The molecular formula is C22H25ClN4OS. The number of para-hydroxylation sites is 1. The summed E-state index contributed by atoms with van der Waals surface area (Å²) in [4.78, 5) is 0. The minimum absolute atomic E-state index is 0.0130. The molecule has 1 saturated heterocycles. The lowest BCUT2D eigenvalue weighted by molar-refractivity contribution is -0.0846. The first-order valence-corrected chi connectivity index (χ1v) is 11.1. The highest BCUT2D eigenvalue weighted by Crippen LogP contribution is 2.49. The molecule has 0 radical (unpaired) electrons. The molecule has 3 atom stereocenters. The van der Waals surface area contributed by atoms with Gasteiger partial charge in [-0.05, 0) is 73.9 Å². The van der Waals surface area contributed by atoms with Crippen molar-refractivity contribution in [3.8, 4) is 5.69 Å². The number of ether oxygens (including phenoxy) is 1. The van der Waals surface area contributed by atoms with Gasteiger partial charge in [0.15, 0.2) is 0 Å². The minimum Gasteiger partial charge on any atom is -0.370 e. The molecule has 152 valence electrons. The quantitative estimate of drug-likeness (QED) is 0.485. The lowest BCUT2D eigenvalue weighted by Gasteiger charge is -2.43. The van der Waals surface area contributed by atoms with Crippen molar-refractivity contribution >= 4 is 23.4 Å². The number of halogens is 1. The monoisotopic (exact) mass is 428 g/mol. The molecule has 0 bridgehead atoms. The van der Waals surface area contributed by atoms with E-state index in [1.54, 1.807) is 16.4 Å². The van der Waals surface area contributed by atoms with Crippen LogP contribution in [0.3, 0.4) is 0 Å². The Kier molecular flexibility index (Phi) is 5.95. The standard InChI is InChI=1S/C22H25ClN4OS/c1-15-12-13-19(20(28-15)16-8-7-9-17(23)14-16)22(2,3)29-21-24-25-26-27(21)18-10-5-4-6-11-18/h4-11,14-15,19-20H,12-13H2,1-3H3/t15-,19-,20?/m1/s1. The Morgan fingerprint density at radius 2 is 1.90 bits per heavy atom. The Morgan fingerprint density at radius 3 is 2.66 bits per heavy atom. The van der Waals surface area contributed by atoms with Crippen LogP contribution in [0.25, 0.3) is 5.69 Å². The summed E-state index contributed by atoms with van der Waals surface area (Å²) in [5.41, 5.74) is 2.08.